The molecule has 1 amide bonds. The van der Waals surface area contributed by atoms with Gasteiger partial charge in [-0.2, -0.15) is 0 Å². The fourth-order valence-electron chi connectivity index (χ4n) is 3.14. The van der Waals surface area contributed by atoms with Crippen LogP contribution in [0, 0.1) is 5.92 Å². The van der Waals surface area contributed by atoms with Crippen molar-refractivity contribution in [2.24, 2.45) is 5.92 Å². The number of benzene rings is 1. The van der Waals surface area contributed by atoms with E-state index in [2.05, 4.69) is 59.2 Å². The summed E-state index contributed by atoms with van der Waals surface area (Å²) in [5.74, 6) is 0.456. The molecule has 6 heteroatoms. The zero-order valence-electron chi connectivity index (χ0n) is 15.9. The highest BCUT2D eigenvalue weighted by Crippen LogP contribution is 2.22. The molecular formula is C20H28N4OS. The highest BCUT2D eigenvalue weighted by atomic mass is 32.1. The lowest BCUT2D eigenvalue weighted by Gasteiger charge is -2.35. The number of aromatic nitrogens is 1. The molecule has 2 heterocycles. The normalized spacial score (nSPS) is 15.5. The maximum atomic E-state index is 12.5. The van der Waals surface area contributed by atoms with Crippen LogP contribution >= 0.6 is 11.3 Å². The topological polar surface area (TPSA) is 48.5 Å². The highest BCUT2D eigenvalue weighted by molar-refractivity contribution is 7.09. The molecule has 140 valence electrons. The van der Waals surface area contributed by atoms with Gasteiger partial charge in [-0.25, -0.2) is 4.98 Å². The molecule has 1 aliphatic heterocycles. The summed E-state index contributed by atoms with van der Waals surface area (Å²) in [6, 6.07) is 8.35. The molecule has 1 aliphatic rings. The molecule has 1 saturated heterocycles. The molecule has 0 unspecified atom stereocenters. The minimum Gasteiger partial charge on any atom is -0.369 e. The number of nitrogens with one attached hydrogen (secondary N) is 1. The Balaban J connectivity index is 1.62. The Hall–Kier alpha value is -1.92. The number of anilines is 1. The van der Waals surface area contributed by atoms with E-state index >= 15 is 0 Å². The van der Waals surface area contributed by atoms with E-state index in [0.717, 1.165) is 43.2 Å². The number of hydrogen-bond donors (Lipinski definition) is 1. The van der Waals surface area contributed by atoms with Gasteiger partial charge in [-0.3, -0.25) is 4.79 Å². The van der Waals surface area contributed by atoms with E-state index in [1.807, 2.05) is 11.4 Å². The molecule has 1 fully saturated rings. The SMILES string of the molecule is CC(C)Cc1nc(C(=O)NCc2ccccc2N2CCN(C)CC2)cs1. The molecule has 0 radical (unpaired) electrons. The molecule has 5 nitrogen and oxygen atoms in total. The van der Waals surface area contributed by atoms with Gasteiger partial charge in [0.15, 0.2) is 0 Å². The maximum Gasteiger partial charge on any atom is 0.271 e. The number of carbonyl (C=O) groups is 1. The molecule has 1 aromatic heterocycles. The first kappa shape index (κ1) is 18.9. The lowest BCUT2D eigenvalue weighted by molar-refractivity contribution is 0.0946. The van der Waals surface area contributed by atoms with Crippen molar-refractivity contribution in [2.75, 3.05) is 38.1 Å². The number of piperazine rings is 1. The van der Waals surface area contributed by atoms with Crippen LogP contribution in [0.25, 0.3) is 0 Å². The van der Waals surface area contributed by atoms with Gasteiger partial charge in [-0.1, -0.05) is 32.0 Å². The van der Waals surface area contributed by atoms with Crippen molar-refractivity contribution in [1.29, 1.82) is 0 Å². The average molecular weight is 373 g/mol. The second-order valence-corrected chi connectivity index (χ2v) is 8.27. The Morgan fingerprint density at radius 3 is 2.69 bits per heavy atom. The summed E-state index contributed by atoms with van der Waals surface area (Å²) in [5.41, 5.74) is 2.91. The minimum absolute atomic E-state index is 0.0931. The smallest absolute Gasteiger partial charge is 0.271 e. The molecule has 0 saturated carbocycles. The Morgan fingerprint density at radius 2 is 1.96 bits per heavy atom. The fourth-order valence-corrected chi connectivity index (χ4v) is 4.13. The van der Waals surface area contributed by atoms with Gasteiger partial charge in [-0.05, 0) is 24.6 Å². The highest BCUT2D eigenvalue weighted by Gasteiger charge is 2.17. The lowest BCUT2D eigenvalue weighted by atomic mass is 10.1. The third-order valence-corrected chi connectivity index (χ3v) is 5.51. The summed E-state index contributed by atoms with van der Waals surface area (Å²) >= 11 is 1.57. The molecule has 0 aliphatic carbocycles. The Kier molecular flexibility index (Phi) is 6.27. The summed E-state index contributed by atoms with van der Waals surface area (Å²) < 4.78 is 0. The number of nitrogens with zero attached hydrogens (tertiary/aromatic N) is 3. The molecule has 3 rings (SSSR count). The van der Waals surface area contributed by atoms with Gasteiger partial charge in [-0.15, -0.1) is 11.3 Å². The van der Waals surface area contributed by atoms with Gasteiger partial charge in [0.1, 0.15) is 5.69 Å². The predicted molar refractivity (Wildman–Crippen MR) is 108 cm³/mol. The Labute approximate surface area is 160 Å². The van der Waals surface area contributed by atoms with Crippen LogP contribution in [-0.2, 0) is 13.0 Å². The van der Waals surface area contributed by atoms with Crippen LogP contribution in [0.4, 0.5) is 5.69 Å². The number of amides is 1. The van der Waals surface area contributed by atoms with E-state index in [-0.39, 0.29) is 5.91 Å². The lowest BCUT2D eigenvalue weighted by Crippen LogP contribution is -2.45. The van der Waals surface area contributed by atoms with E-state index in [9.17, 15) is 4.79 Å². The first-order valence-electron chi connectivity index (χ1n) is 9.27. The number of likely N-dealkylation sites (N-methyl/N-ethyl adjacent to an activating group) is 1. The van der Waals surface area contributed by atoms with Gasteiger partial charge in [0, 0.05) is 50.2 Å². The Morgan fingerprint density at radius 1 is 1.23 bits per heavy atom. The zero-order chi connectivity index (χ0) is 18.5. The maximum absolute atomic E-state index is 12.5. The van der Waals surface area contributed by atoms with Crippen molar-refractivity contribution in [1.82, 2.24) is 15.2 Å². The van der Waals surface area contributed by atoms with E-state index in [1.165, 1.54) is 5.69 Å². The van der Waals surface area contributed by atoms with Crippen molar-refractivity contribution in [3.63, 3.8) is 0 Å². The van der Waals surface area contributed by atoms with Crippen LogP contribution < -0.4 is 10.2 Å². The van der Waals surface area contributed by atoms with Crippen molar-refractivity contribution in [2.45, 2.75) is 26.8 Å². The minimum atomic E-state index is -0.0931. The predicted octanol–water partition coefficient (Wildman–Crippen LogP) is 3.02. The van der Waals surface area contributed by atoms with Crippen LogP contribution in [-0.4, -0.2) is 49.0 Å². The zero-order valence-corrected chi connectivity index (χ0v) is 16.7. The summed E-state index contributed by atoms with van der Waals surface area (Å²) in [4.78, 5) is 21.7. The van der Waals surface area contributed by atoms with Gasteiger partial charge >= 0.3 is 0 Å². The van der Waals surface area contributed by atoms with Crippen LogP contribution in [0.1, 0.15) is 34.9 Å². The number of carbonyl (C=O) groups excluding carboxylic acids is 1. The first-order chi connectivity index (χ1) is 12.5. The third-order valence-electron chi connectivity index (χ3n) is 4.64. The van der Waals surface area contributed by atoms with Crippen molar-refractivity contribution < 1.29 is 4.79 Å². The van der Waals surface area contributed by atoms with Crippen molar-refractivity contribution in [3.8, 4) is 0 Å². The molecule has 0 bridgehead atoms. The van der Waals surface area contributed by atoms with E-state index in [4.69, 9.17) is 0 Å². The number of rotatable bonds is 6. The number of thiazole rings is 1. The largest absolute Gasteiger partial charge is 0.369 e. The quantitative estimate of drug-likeness (QED) is 0.847. The second kappa shape index (κ2) is 8.64. The van der Waals surface area contributed by atoms with Crippen molar-refractivity contribution in [3.05, 3.63) is 45.9 Å². The van der Waals surface area contributed by atoms with Crippen LogP contribution in [0.3, 0.4) is 0 Å². The van der Waals surface area contributed by atoms with Crippen molar-refractivity contribution >= 4 is 22.9 Å². The first-order valence-corrected chi connectivity index (χ1v) is 10.1. The summed E-state index contributed by atoms with van der Waals surface area (Å²) in [5, 5.41) is 5.93. The van der Waals surface area contributed by atoms with E-state index in [0.29, 0.717) is 18.2 Å². The Bertz CT molecular complexity index is 735. The fraction of sp³-hybridized carbons (Fsp3) is 0.500. The van der Waals surface area contributed by atoms with E-state index < -0.39 is 0 Å². The number of para-hydroxylation sites is 1. The monoisotopic (exact) mass is 372 g/mol. The second-order valence-electron chi connectivity index (χ2n) is 7.33. The van der Waals surface area contributed by atoms with Gasteiger partial charge in [0.25, 0.3) is 5.91 Å². The van der Waals surface area contributed by atoms with Gasteiger partial charge in [0.2, 0.25) is 0 Å². The van der Waals surface area contributed by atoms with Crippen LogP contribution in [0.15, 0.2) is 29.6 Å². The summed E-state index contributed by atoms with van der Waals surface area (Å²) in [7, 11) is 2.16. The number of hydrogen-bond acceptors (Lipinski definition) is 5. The van der Waals surface area contributed by atoms with Gasteiger partial charge in [0.05, 0.1) is 5.01 Å². The molecular weight excluding hydrogens is 344 g/mol. The third kappa shape index (κ3) is 4.83. The van der Waals surface area contributed by atoms with Crippen LogP contribution in [0.2, 0.25) is 0 Å². The summed E-state index contributed by atoms with van der Waals surface area (Å²) in [6.07, 6.45) is 0.921. The average Bonchev–Trinajstić information content (AvgIpc) is 3.08. The van der Waals surface area contributed by atoms with E-state index in [1.54, 1.807) is 11.3 Å². The molecule has 0 atom stereocenters. The molecule has 1 aromatic carbocycles. The molecule has 2 aromatic rings. The van der Waals surface area contributed by atoms with Gasteiger partial charge < -0.3 is 15.1 Å². The van der Waals surface area contributed by atoms with Crippen LogP contribution in [0.5, 0.6) is 0 Å². The summed E-state index contributed by atoms with van der Waals surface area (Å²) in [6.45, 7) is 9.03. The standard InChI is InChI=1S/C20H28N4OS/c1-15(2)12-19-22-17(14-26-19)20(25)21-13-16-6-4-5-7-18(16)24-10-8-23(3)9-11-24/h4-7,14-15H,8-13H2,1-3H3,(H,21,25). The molecule has 26 heavy (non-hydrogen) atoms. The molecule has 0 spiro atoms. The molecule has 1 N–H and O–H groups in total.